The van der Waals surface area contributed by atoms with Crippen LogP contribution in [0.1, 0.15) is 36.8 Å². The number of hydrogen-bond donors (Lipinski definition) is 2. The lowest BCUT2D eigenvalue weighted by atomic mass is 9.85. The van der Waals surface area contributed by atoms with Crippen LogP contribution in [0.25, 0.3) is 0 Å². The lowest BCUT2D eigenvalue weighted by Gasteiger charge is -2.29. The maximum atomic E-state index is 12.2. The molecule has 1 fully saturated rings. The first-order chi connectivity index (χ1) is 10.7. The highest BCUT2D eigenvalue weighted by Crippen LogP contribution is 2.23. The molecule has 4 nitrogen and oxygen atoms in total. The standard InChI is InChI=1S/C18H27N3O.2ClH/c19-17-7-3-6-15(12-17)18(22)20-9-11-21-10-8-14-4-1-2-5-16(14)13-21;;/h1-2,4-5,15,17H,3,6-13,19H2,(H,20,22);2*1H. The smallest absolute Gasteiger partial charge is 0.223 e. The topological polar surface area (TPSA) is 58.4 Å². The number of amides is 1. The SMILES string of the molecule is Cl.Cl.NC1CCCC(C(=O)NCCN2CCc3ccccc3C2)C1. The monoisotopic (exact) mass is 373 g/mol. The quantitative estimate of drug-likeness (QED) is 0.852. The van der Waals surface area contributed by atoms with E-state index in [4.69, 9.17) is 5.73 Å². The van der Waals surface area contributed by atoms with E-state index in [0.717, 1.165) is 58.3 Å². The number of carbonyl (C=O) groups is 1. The van der Waals surface area contributed by atoms with Crippen LogP contribution in [0.2, 0.25) is 0 Å². The van der Waals surface area contributed by atoms with Crippen molar-refractivity contribution >= 4 is 30.7 Å². The van der Waals surface area contributed by atoms with E-state index in [1.165, 1.54) is 11.1 Å². The molecule has 0 aromatic heterocycles. The zero-order chi connectivity index (χ0) is 15.4. The number of carbonyl (C=O) groups excluding carboxylic acids is 1. The number of benzene rings is 1. The minimum Gasteiger partial charge on any atom is -0.355 e. The minimum absolute atomic E-state index is 0. The molecule has 1 saturated carbocycles. The predicted molar refractivity (Wildman–Crippen MR) is 103 cm³/mol. The highest BCUT2D eigenvalue weighted by molar-refractivity contribution is 5.85. The Morgan fingerprint density at radius 2 is 1.96 bits per heavy atom. The molecule has 1 heterocycles. The molecule has 6 heteroatoms. The largest absolute Gasteiger partial charge is 0.355 e. The van der Waals surface area contributed by atoms with Gasteiger partial charge in [0.2, 0.25) is 5.91 Å². The first kappa shape index (κ1) is 21.2. The van der Waals surface area contributed by atoms with Crippen LogP contribution < -0.4 is 11.1 Å². The van der Waals surface area contributed by atoms with Crippen molar-refractivity contribution in [3.8, 4) is 0 Å². The minimum atomic E-state index is 0. The second-order valence-electron chi connectivity index (χ2n) is 6.71. The van der Waals surface area contributed by atoms with Crippen LogP contribution in [0.15, 0.2) is 24.3 Å². The van der Waals surface area contributed by atoms with E-state index in [-0.39, 0.29) is 42.7 Å². The summed E-state index contributed by atoms with van der Waals surface area (Å²) in [6.45, 7) is 3.76. The summed E-state index contributed by atoms with van der Waals surface area (Å²) in [5, 5.41) is 3.11. The van der Waals surface area contributed by atoms with Gasteiger partial charge in [0.15, 0.2) is 0 Å². The Kier molecular flexibility index (Phi) is 9.06. The van der Waals surface area contributed by atoms with Crippen molar-refractivity contribution < 1.29 is 4.79 Å². The number of hydrogen-bond acceptors (Lipinski definition) is 3. The molecule has 0 saturated heterocycles. The summed E-state index contributed by atoms with van der Waals surface area (Å²) in [5.74, 6) is 0.332. The summed E-state index contributed by atoms with van der Waals surface area (Å²) in [5.41, 5.74) is 8.87. The van der Waals surface area contributed by atoms with Gasteiger partial charge in [-0.25, -0.2) is 0 Å². The summed E-state index contributed by atoms with van der Waals surface area (Å²) in [6.07, 6.45) is 5.11. The van der Waals surface area contributed by atoms with Crippen molar-refractivity contribution in [2.45, 2.75) is 44.7 Å². The molecule has 0 radical (unpaired) electrons. The van der Waals surface area contributed by atoms with Gasteiger partial charge in [-0.3, -0.25) is 9.69 Å². The molecule has 3 N–H and O–H groups in total. The Morgan fingerprint density at radius 3 is 2.71 bits per heavy atom. The summed E-state index contributed by atoms with van der Waals surface area (Å²) in [4.78, 5) is 14.6. The molecule has 1 aromatic carbocycles. The van der Waals surface area contributed by atoms with Crippen LogP contribution in [0.4, 0.5) is 0 Å². The van der Waals surface area contributed by atoms with E-state index >= 15 is 0 Å². The fraction of sp³-hybridized carbons (Fsp3) is 0.611. The Labute approximate surface area is 157 Å². The van der Waals surface area contributed by atoms with Crippen molar-refractivity contribution in [3.63, 3.8) is 0 Å². The third-order valence-corrected chi connectivity index (χ3v) is 5.02. The molecule has 2 atom stereocenters. The van der Waals surface area contributed by atoms with Gasteiger partial charge < -0.3 is 11.1 Å². The average molecular weight is 374 g/mol. The molecule has 3 rings (SSSR count). The van der Waals surface area contributed by atoms with Gasteiger partial charge in [0.1, 0.15) is 0 Å². The molecule has 1 aliphatic carbocycles. The predicted octanol–water partition coefficient (Wildman–Crippen LogP) is 2.52. The fourth-order valence-electron chi connectivity index (χ4n) is 3.69. The van der Waals surface area contributed by atoms with Crippen LogP contribution >= 0.6 is 24.8 Å². The maximum Gasteiger partial charge on any atom is 0.223 e. The Balaban J connectivity index is 0.00000144. The lowest BCUT2D eigenvalue weighted by molar-refractivity contribution is -0.126. The highest BCUT2D eigenvalue weighted by atomic mass is 35.5. The van der Waals surface area contributed by atoms with Crippen LogP contribution in [0, 0.1) is 5.92 Å². The zero-order valence-corrected chi connectivity index (χ0v) is 15.7. The normalized spacial score (nSPS) is 23.4. The van der Waals surface area contributed by atoms with Crippen molar-refractivity contribution in [2.24, 2.45) is 11.7 Å². The summed E-state index contributed by atoms with van der Waals surface area (Å²) >= 11 is 0. The molecule has 0 spiro atoms. The van der Waals surface area contributed by atoms with Crippen LogP contribution in [0.5, 0.6) is 0 Å². The lowest BCUT2D eigenvalue weighted by Crippen LogP contribution is -2.41. The zero-order valence-electron chi connectivity index (χ0n) is 14.1. The number of nitrogens with one attached hydrogen (secondary N) is 1. The van der Waals surface area contributed by atoms with E-state index in [1.807, 2.05) is 0 Å². The molecule has 136 valence electrons. The third kappa shape index (κ3) is 5.62. The van der Waals surface area contributed by atoms with E-state index in [9.17, 15) is 4.79 Å². The van der Waals surface area contributed by atoms with Gasteiger partial charge >= 0.3 is 0 Å². The number of nitrogens with zero attached hydrogens (tertiary/aromatic N) is 1. The van der Waals surface area contributed by atoms with E-state index in [0.29, 0.717) is 0 Å². The third-order valence-electron chi connectivity index (χ3n) is 5.02. The molecule has 2 aliphatic rings. The summed E-state index contributed by atoms with van der Waals surface area (Å²) in [7, 11) is 0. The molecule has 1 aromatic rings. The first-order valence-corrected chi connectivity index (χ1v) is 8.55. The maximum absolute atomic E-state index is 12.2. The van der Waals surface area contributed by atoms with E-state index < -0.39 is 0 Å². The molecule has 24 heavy (non-hydrogen) atoms. The van der Waals surface area contributed by atoms with Gasteiger partial charge in [-0.05, 0) is 36.8 Å². The van der Waals surface area contributed by atoms with Gasteiger partial charge in [-0.2, -0.15) is 0 Å². The second kappa shape index (κ2) is 10.2. The molecule has 0 bridgehead atoms. The Bertz CT molecular complexity index is 527. The van der Waals surface area contributed by atoms with Crippen molar-refractivity contribution in [1.29, 1.82) is 0 Å². The average Bonchev–Trinajstić information content (AvgIpc) is 2.54. The van der Waals surface area contributed by atoms with E-state index in [2.05, 4.69) is 34.5 Å². The highest BCUT2D eigenvalue weighted by Gasteiger charge is 2.25. The van der Waals surface area contributed by atoms with Crippen LogP contribution in [0.3, 0.4) is 0 Å². The fourth-order valence-corrected chi connectivity index (χ4v) is 3.69. The van der Waals surface area contributed by atoms with Crippen molar-refractivity contribution in [2.75, 3.05) is 19.6 Å². The number of halogens is 2. The van der Waals surface area contributed by atoms with Crippen LogP contribution in [-0.4, -0.2) is 36.5 Å². The number of fused-ring (bicyclic) bond motifs is 1. The molecule has 2 unspecified atom stereocenters. The second-order valence-corrected chi connectivity index (χ2v) is 6.71. The van der Waals surface area contributed by atoms with Gasteiger partial charge in [0.05, 0.1) is 0 Å². The van der Waals surface area contributed by atoms with E-state index in [1.54, 1.807) is 0 Å². The number of nitrogens with two attached hydrogens (primary N) is 1. The van der Waals surface area contributed by atoms with Gasteiger partial charge in [-0.15, -0.1) is 24.8 Å². The van der Waals surface area contributed by atoms with Gasteiger partial charge in [-0.1, -0.05) is 30.7 Å². The van der Waals surface area contributed by atoms with Crippen molar-refractivity contribution in [3.05, 3.63) is 35.4 Å². The molecular weight excluding hydrogens is 345 g/mol. The summed E-state index contributed by atoms with van der Waals surface area (Å²) in [6, 6.07) is 8.87. The van der Waals surface area contributed by atoms with Gasteiger partial charge in [0.25, 0.3) is 0 Å². The van der Waals surface area contributed by atoms with Crippen LogP contribution in [-0.2, 0) is 17.8 Å². The molecule has 1 amide bonds. The Morgan fingerprint density at radius 1 is 1.21 bits per heavy atom. The Hall–Kier alpha value is -0.810. The number of rotatable bonds is 4. The first-order valence-electron chi connectivity index (χ1n) is 8.55. The van der Waals surface area contributed by atoms with Crippen molar-refractivity contribution in [1.82, 2.24) is 10.2 Å². The molecule has 1 aliphatic heterocycles. The molecular formula is C18H29Cl2N3O. The van der Waals surface area contributed by atoms with Gasteiger partial charge in [0, 0.05) is 38.1 Å². The summed E-state index contributed by atoms with van der Waals surface area (Å²) < 4.78 is 0.